The highest BCUT2D eigenvalue weighted by Gasteiger charge is 2.17. The molecule has 0 saturated carbocycles. The number of aryl methyl sites for hydroxylation is 3. The Hall–Kier alpha value is -3.04. The quantitative estimate of drug-likeness (QED) is 0.643. The number of amides is 1. The van der Waals surface area contributed by atoms with Crippen molar-refractivity contribution in [3.63, 3.8) is 0 Å². The Balaban J connectivity index is 1.72. The molecule has 29 heavy (non-hydrogen) atoms. The van der Waals surface area contributed by atoms with Gasteiger partial charge in [0.2, 0.25) is 10.0 Å². The SMILES string of the molecule is CNS(=O)(=O)c1ccc(CNC(=O)c2nn(-c3ccc(C)cc3C)nc2C)cc1. The monoisotopic (exact) mass is 413 g/mol. The van der Waals surface area contributed by atoms with E-state index < -0.39 is 10.0 Å². The summed E-state index contributed by atoms with van der Waals surface area (Å²) in [6.45, 7) is 5.96. The number of hydrogen-bond donors (Lipinski definition) is 2. The van der Waals surface area contributed by atoms with Gasteiger partial charge in [-0.3, -0.25) is 4.79 Å². The van der Waals surface area contributed by atoms with Crippen molar-refractivity contribution >= 4 is 15.9 Å². The second kappa shape index (κ2) is 8.14. The second-order valence-corrected chi connectivity index (χ2v) is 8.63. The van der Waals surface area contributed by atoms with E-state index in [9.17, 15) is 13.2 Å². The Kier molecular flexibility index (Phi) is 5.81. The van der Waals surface area contributed by atoms with Gasteiger partial charge >= 0.3 is 0 Å². The first-order valence-electron chi connectivity index (χ1n) is 9.03. The molecule has 2 aromatic carbocycles. The minimum Gasteiger partial charge on any atom is -0.347 e. The summed E-state index contributed by atoms with van der Waals surface area (Å²) in [7, 11) is -2.12. The van der Waals surface area contributed by atoms with Crippen LogP contribution in [-0.2, 0) is 16.6 Å². The van der Waals surface area contributed by atoms with Gasteiger partial charge in [0.25, 0.3) is 5.91 Å². The summed E-state index contributed by atoms with van der Waals surface area (Å²) in [5.41, 5.74) is 4.52. The summed E-state index contributed by atoms with van der Waals surface area (Å²) < 4.78 is 25.8. The maximum absolute atomic E-state index is 12.6. The molecule has 0 aliphatic rings. The zero-order chi connectivity index (χ0) is 21.2. The van der Waals surface area contributed by atoms with Gasteiger partial charge in [-0.15, -0.1) is 5.10 Å². The molecule has 0 aliphatic carbocycles. The van der Waals surface area contributed by atoms with Gasteiger partial charge in [-0.05, 0) is 57.1 Å². The van der Waals surface area contributed by atoms with E-state index in [-0.39, 0.29) is 23.0 Å². The predicted octanol–water partition coefficient (Wildman–Crippen LogP) is 2.03. The van der Waals surface area contributed by atoms with Crippen molar-refractivity contribution in [3.8, 4) is 5.69 Å². The van der Waals surface area contributed by atoms with Gasteiger partial charge in [-0.1, -0.05) is 29.8 Å². The van der Waals surface area contributed by atoms with E-state index in [1.54, 1.807) is 19.1 Å². The Labute approximate surface area is 170 Å². The van der Waals surface area contributed by atoms with Crippen LogP contribution < -0.4 is 10.0 Å². The molecule has 0 atom stereocenters. The molecule has 0 unspecified atom stereocenters. The summed E-state index contributed by atoms with van der Waals surface area (Å²) in [5.74, 6) is -0.342. The van der Waals surface area contributed by atoms with Crippen molar-refractivity contribution in [3.05, 3.63) is 70.5 Å². The highest BCUT2D eigenvalue weighted by molar-refractivity contribution is 7.89. The highest BCUT2D eigenvalue weighted by atomic mass is 32.2. The number of benzene rings is 2. The topological polar surface area (TPSA) is 106 Å². The third kappa shape index (κ3) is 4.52. The van der Waals surface area contributed by atoms with Crippen LogP contribution >= 0.6 is 0 Å². The molecule has 0 fully saturated rings. The number of hydrogen-bond acceptors (Lipinski definition) is 5. The van der Waals surface area contributed by atoms with E-state index in [0.717, 1.165) is 22.4 Å². The number of carbonyl (C=O) groups excluding carboxylic acids is 1. The first kappa shape index (κ1) is 20.7. The molecule has 0 saturated heterocycles. The van der Waals surface area contributed by atoms with E-state index >= 15 is 0 Å². The number of rotatable bonds is 6. The van der Waals surface area contributed by atoms with Crippen molar-refractivity contribution in [1.82, 2.24) is 25.0 Å². The van der Waals surface area contributed by atoms with Crippen molar-refractivity contribution < 1.29 is 13.2 Å². The second-order valence-electron chi connectivity index (χ2n) is 6.75. The van der Waals surface area contributed by atoms with Crippen LogP contribution in [0.15, 0.2) is 47.4 Å². The lowest BCUT2D eigenvalue weighted by atomic mass is 10.1. The van der Waals surface area contributed by atoms with E-state index in [0.29, 0.717) is 5.69 Å². The van der Waals surface area contributed by atoms with Crippen molar-refractivity contribution in [2.45, 2.75) is 32.2 Å². The molecule has 0 bridgehead atoms. The van der Waals surface area contributed by atoms with Crippen LogP contribution in [0.2, 0.25) is 0 Å². The van der Waals surface area contributed by atoms with Gasteiger partial charge in [0.1, 0.15) is 0 Å². The lowest BCUT2D eigenvalue weighted by Crippen LogP contribution is -2.24. The van der Waals surface area contributed by atoms with Crippen LogP contribution in [-0.4, -0.2) is 36.4 Å². The van der Waals surface area contributed by atoms with Gasteiger partial charge in [-0.25, -0.2) is 13.1 Å². The number of nitrogens with one attached hydrogen (secondary N) is 2. The van der Waals surface area contributed by atoms with Gasteiger partial charge in [0.05, 0.1) is 16.3 Å². The molecule has 1 amide bonds. The normalized spacial score (nSPS) is 11.4. The molecule has 9 heteroatoms. The molecule has 8 nitrogen and oxygen atoms in total. The lowest BCUT2D eigenvalue weighted by molar-refractivity contribution is 0.0945. The zero-order valence-corrected chi connectivity index (χ0v) is 17.5. The minimum atomic E-state index is -3.48. The predicted molar refractivity (Wildman–Crippen MR) is 109 cm³/mol. The van der Waals surface area contributed by atoms with E-state index in [4.69, 9.17) is 0 Å². The molecule has 1 heterocycles. The Morgan fingerprint density at radius 1 is 1.03 bits per heavy atom. The summed E-state index contributed by atoms with van der Waals surface area (Å²) in [6, 6.07) is 12.2. The van der Waals surface area contributed by atoms with Gasteiger partial charge < -0.3 is 5.32 Å². The van der Waals surface area contributed by atoms with E-state index in [2.05, 4.69) is 20.2 Å². The average Bonchev–Trinajstić information content (AvgIpc) is 3.07. The molecule has 0 radical (unpaired) electrons. The van der Waals surface area contributed by atoms with Crippen LogP contribution in [0.3, 0.4) is 0 Å². The maximum Gasteiger partial charge on any atom is 0.274 e. The fourth-order valence-electron chi connectivity index (χ4n) is 2.90. The van der Waals surface area contributed by atoms with Crippen LogP contribution in [0.4, 0.5) is 0 Å². The highest BCUT2D eigenvalue weighted by Crippen LogP contribution is 2.15. The lowest BCUT2D eigenvalue weighted by Gasteiger charge is -2.06. The van der Waals surface area contributed by atoms with Gasteiger partial charge in [0.15, 0.2) is 5.69 Å². The molecular formula is C20H23N5O3S. The third-order valence-corrected chi connectivity index (χ3v) is 5.95. The van der Waals surface area contributed by atoms with Crippen molar-refractivity contribution in [1.29, 1.82) is 0 Å². The fraction of sp³-hybridized carbons (Fsp3) is 0.250. The first-order valence-corrected chi connectivity index (χ1v) is 10.5. The molecular weight excluding hydrogens is 390 g/mol. The van der Waals surface area contributed by atoms with Gasteiger partial charge in [-0.2, -0.15) is 9.90 Å². The molecule has 0 spiro atoms. The summed E-state index contributed by atoms with van der Waals surface area (Å²) in [6.07, 6.45) is 0. The number of nitrogens with zero attached hydrogens (tertiary/aromatic N) is 3. The molecule has 2 N–H and O–H groups in total. The van der Waals surface area contributed by atoms with Crippen molar-refractivity contribution in [2.75, 3.05) is 7.05 Å². The minimum absolute atomic E-state index is 0.169. The molecule has 3 rings (SSSR count). The van der Waals surface area contributed by atoms with Crippen LogP contribution in [0, 0.1) is 20.8 Å². The van der Waals surface area contributed by atoms with Crippen LogP contribution in [0.25, 0.3) is 5.69 Å². The molecule has 152 valence electrons. The van der Waals surface area contributed by atoms with Crippen molar-refractivity contribution in [2.24, 2.45) is 0 Å². The Morgan fingerprint density at radius 3 is 2.34 bits per heavy atom. The van der Waals surface area contributed by atoms with Gasteiger partial charge in [0, 0.05) is 6.54 Å². The number of sulfonamides is 1. The maximum atomic E-state index is 12.6. The summed E-state index contributed by atoms with van der Waals surface area (Å²) >= 11 is 0. The molecule has 3 aromatic rings. The number of carbonyl (C=O) groups is 1. The Morgan fingerprint density at radius 2 is 1.72 bits per heavy atom. The first-order chi connectivity index (χ1) is 13.7. The Bertz CT molecular complexity index is 1150. The van der Waals surface area contributed by atoms with E-state index in [1.165, 1.54) is 24.0 Å². The van der Waals surface area contributed by atoms with Crippen LogP contribution in [0.1, 0.15) is 32.9 Å². The standard InChI is InChI=1S/C20H23N5O3S/c1-13-5-10-18(14(2)11-13)25-23-15(3)19(24-25)20(26)22-12-16-6-8-17(9-7-16)29(27,28)21-4/h5-11,21H,12H2,1-4H3,(H,22,26). The fourth-order valence-corrected chi connectivity index (χ4v) is 3.63. The third-order valence-electron chi connectivity index (χ3n) is 4.52. The zero-order valence-electron chi connectivity index (χ0n) is 16.7. The number of aromatic nitrogens is 3. The summed E-state index contributed by atoms with van der Waals surface area (Å²) in [4.78, 5) is 14.2. The average molecular weight is 414 g/mol. The smallest absolute Gasteiger partial charge is 0.274 e. The van der Waals surface area contributed by atoms with Crippen LogP contribution in [0.5, 0.6) is 0 Å². The summed E-state index contributed by atoms with van der Waals surface area (Å²) in [5, 5.41) is 11.5. The molecule has 1 aromatic heterocycles. The molecule has 0 aliphatic heterocycles. The van der Waals surface area contributed by atoms with E-state index in [1.807, 2.05) is 32.0 Å². The largest absolute Gasteiger partial charge is 0.347 e.